The second kappa shape index (κ2) is 12.4. The lowest BCUT2D eigenvalue weighted by Crippen LogP contribution is -2.48. The summed E-state index contributed by atoms with van der Waals surface area (Å²) in [6.07, 6.45) is 1.29. The molecule has 13 heteroatoms. The molecule has 0 radical (unpaired) electrons. The number of anilines is 3. The van der Waals surface area contributed by atoms with E-state index in [1.54, 1.807) is 0 Å². The quantitative estimate of drug-likeness (QED) is 0.336. The van der Waals surface area contributed by atoms with Gasteiger partial charge in [0.25, 0.3) is 0 Å². The summed E-state index contributed by atoms with van der Waals surface area (Å²) in [7, 11) is -3.59. The number of aliphatic hydroxyl groups excluding tert-OH is 1. The molecule has 1 saturated heterocycles. The van der Waals surface area contributed by atoms with Gasteiger partial charge in [0.15, 0.2) is 0 Å². The maximum absolute atomic E-state index is 11.8. The molecule has 2 heterocycles. The Balaban J connectivity index is 1.73. The number of aromatic nitrogens is 3. The van der Waals surface area contributed by atoms with Gasteiger partial charge in [0.05, 0.1) is 18.9 Å². The molecule has 1 fully saturated rings. The van der Waals surface area contributed by atoms with E-state index in [1.165, 1.54) is 4.90 Å². The summed E-state index contributed by atoms with van der Waals surface area (Å²) < 4.78 is 25.9. The van der Waals surface area contributed by atoms with Crippen molar-refractivity contribution < 1.29 is 23.4 Å². The Morgan fingerprint density at radius 1 is 1.03 bits per heavy atom. The van der Waals surface area contributed by atoms with Gasteiger partial charge in [-0.2, -0.15) is 15.0 Å². The standard InChI is InChI=1S/C24H37N7O5S/c1-16(2)13-19(15-32)25-22-26-21(27-23(28-22)29-37(4,35)36)14-17(3)18-5-7-20(8-6-18)30-9-11-31(12-10-30)24(33)34/h5-8,16-17,19,32H,9-15H2,1-4H3,(H,33,34)(H2,25,26,27,28,29)/t17?,19-/m1/s1. The van der Waals surface area contributed by atoms with Crippen molar-refractivity contribution in [2.75, 3.05) is 54.0 Å². The number of hydrogen-bond acceptors (Lipinski definition) is 9. The fourth-order valence-corrected chi connectivity index (χ4v) is 4.70. The molecule has 3 rings (SSSR count). The van der Waals surface area contributed by atoms with Crippen LogP contribution in [0.1, 0.15) is 44.5 Å². The van der Waals surface area contributed by atoms with Crippen molar-refractivity contribution in [3.05, 3.63) is 35.7 Å². The van der Waals surface area contributed by atoms with Crippen molar-refractivity contribution in [2.45, 2.75) is 45.6 Å². The maximum atomic E-state index is 11.8. The Kier molecular flexibility index (Phi) is 9.49. The molecule has 37 heavy (non-hydrogen) atoms. The molecule has 2 aromatic rings. The lowest BCUT2D eigenvalue weighted by Gasteiger charge is -2.34. The number of nitrogens with zero attached hydrogens (tertiary/aromatic N) is 5. The van der Waals surface area contributed by atoms with Gasteiger partial charge in [-0.15, -0.1) is 0 Å². The van der Waals surface area contributed by atoms with E-state index in [-0.39, 0.29) is 30.5 Å². The number of carboxylic acid groups (broad SMARTS) is 1. The highest BCUT2D eigenvalue weighted by atomic mass is 32.2. The van der Waals surface area contributed by atoms with Gasteiger partial charge < -0.3 is 25.3 Å². The topological polar surface area (TPSA) is 161 Å². The number of amides is 1. The van der Waals surface area contributed by atoms with Crippen LogP contribution in [0.3, 0.4) is 0 Å². The highest BCUT2D eigenvalue weighted by Crippen LogP contribution is 2.24. The number of benzene rings is 1. The first-order chi connectivity index (χ1) is 17.4. The number of nitrogens with one attached hydrogen (secondary N) is 2. The van der Waals surface area contributed by atoms with Crippen LogP contribution in [0.15, 0.2) is 24.3 Å². The summed E-state index contributed by atoms with van der Waals surface area (Å²) in [5.74, 6) is 0.927. The van der Waals surface area contributed by atoms with Crippen molar-refractivity contribution in [1.29, 1.82) is 0 Å². The molecule has 1 aliphatic heterocycles. The van der Waals surface area contributed by atoms with Crippen LogP contribution in [0.5, 0.6) is 0 Å². The minimum atomic E-state index is -3.59. The molecule has 2 atom stereocenters. The van der Waals surface area contributed by atoms with Gasteiger partial charge in [-0.1, -0.05) is 32.9 Å². The molecule has 0 aliphatic carbocycles. The fourth-order valence-electron chi connectivity index (χ4n) is 4.28. The zero-order chi connectivity index (χ0) is 27.2. The summed E-state index contributed by atoms with van der Waals surface area (Å²) in [5, 5.41) is 22.0. The van der Waals surface area contributed by atoms with Crippen LogP contribution in [-0.2, 0) is 16.4 Å². The number of hydrogen-bond donors (Lipinski definition) is 4. The molecule has 0 saturated carbocycles. The van der Waals surface area contributed by atoms with Crippen LogP contribution in [0, 0.1) is 5.92 Å². The molecular weight excluding hydrogens is 498 g/mol. The Morgan fingerprint density at radius 3 is 2.19 bits per heavy atom. The van der Waals surface area contributed by atoms with Crippen molar-refractivity contribution in [2.24, 2.45) is 5.92 Å². The number of rotatable bonds is 11. The Bertz CT molecular complexity index is 1150. The lowest BCUT2D eigenvalue weighted by molar-refractivity contribution is 0.142. The van der Waals surface area contributed by atoms with E-state index in [1.807, 2.05) is 45.0 Å². The molecule has 1 unspecified atom stereocenters. The van der Waals surface area contributed by atoms with Crippen LogP contribution in [0.25, 0.3) is 0 Å². The SMILES string of the molecule is CC(C)C[C@H](CO)Nc1nc(CC(C)c2ccc(N3CCN(C(=O)O)CC3)cc2)nc(NS(C)(=O)=O)n1. The van der Waals surface area contributed by atoms with E-state index in [9.17, 15) is 18.3 Å². The van der Waals surface area contributed by atoms with E-state index in [0.717, 1.165) is 17.5 Å². The third-order valence-electron chi connectivity index (χ3n) is 6.13. The first-order valence-electron chi connectivity index (χ1n) is 12.4. The minimum Gasteiger partial charge on any atom is -0.465 e. The molecule has 1 amide bonds. The van der Waals surface area contributed by atoms with Gasteiger partial charge in [0, 0.05) is 38.3 Å². The van der Waals surface area contributed by atoms with E-state index >= 15 is 0 Å². The molecule has 0 spiro atoms. The summed E-state index contributed by atoms with van der Waals surface area (Å²) >= 11 is 0. The fraction of sp³-hybridized carbons (Fsp3) is 0.583. The lowest BCUT2D eigenvalue weighted by atomic mass is 9.97. The van der Waals surface area contributed by atoms with E-state index < -0.39 is 16.1 Å². The number of aliphatic hydroxyl groups is 1. The average molecular weight is 536 g/mol. The van der Waals surface area contributed by atoms with Gasteiger partial charge in [0.2, 0.25) is 21.9 Å². The first-order valence-corrected chi connectivity index (χ1v) is 14.3. The molecule has 1 aliphatic rings. The summed E-state index contributed by atoms with van der Waals surface area (Å²) in [4.78, 5) is 27.7. The van der Waals surface area contributed by atoms with Crippen LogP contribution >= 0.6 is 0 Å². The predicted octanol–water partition coefficient (Wildman–Crippen LogP) is 2.21. The van der Waals surface area contributed by atoms with Crippen molar-refractivity contribution in [3.63, 3.8) is 0 Å². The van der Waals surface area contributed by atoms with Crippen molar-refractivity contribution in [1.82, 2.24) is 19.9 Å². The molecule has 204 valence electrons. The predicted molar refractivity (Wildman–Crippen MR) is 143 cm³/mol. The summed E-state index contributed by atoms with van der Waals surface area (Å²) in [5.41, 5.74) is 2.10. The second-order valence-corrected chi connectivity index (χ2v) is 11.6. The largest absolute Gasteiger partial charge is 0.465 e. The number of carbonyl (C=O) groups is 1. The van der Waals surface area contributed by atoms with Crippen molar-refractivity contribution in [3.8, 4) is 0 Å². The van der Waals surface area contributed by atoms with E-state index in [0.29, 0.717) is 50.8 Å². The zero-order valence-electron chi connectivity index (χ0n) is 21.8. The molecule has 12 nitrogen and oxygen atoms in total. The van der Waals surface area contributed by atoms with Crippen molar-refractivity contribution >= 4 is 33.7 Å². The van der Waals surface area contributed by atoms with Gasteiger partial charge in [-0.25, -0.2) is 13.2 Å². The Hall–Kier alpha value is -3.19. The van der Waals surface area contributed by atoms with Crippen LogP contribution < -0.4 is 14.9 Å². The molecule has 1 aromatic heterocycles. The average Bonchev–Trinajstić information content (AvgIpc) is 2.82. The third kappa shape index (κ3) is 8.71. The number of sulfonamides is 1. The smallest absolute Gasteiger partial charge is 0.407 e. The van der Waals surface area contributed by atoms with Gasteiger partial charge >= 0.3 is 6.09 Å². The minimum absolute atomic E-state index is 0.0311. The highest BCUT2D eigenvalue weighted by Gasteiger charge is 2.21. The summed E-state index contributed by atoms with van der Waals surface area (Å²) in [6.45, 7) is 8.25. The monoisotopic (exact) mass is 535 g/mol. The van der Waals surface area contributed by atoms with Gasteiger partial charge in [-0.05, 0) is 36.0 Å². The highest BCUT2D eigenvalue weighted by molar-refractivity contribution is 7.91. The molecule has 1 aromatic carbocycles. The van der Waals surface area contributed by atoms with Gasteiger partial charge in [-0.3, -0.25) is 4.72 Å². The third-order valence-corrected chi connectivity index (χ3v) is 6.69. The van der Waals surface area contributed by atoms with Crippen LogP contribution in [-0.4, -0.2) is 89.7 Å². The molecule has 0 bridgehead atoms. The Morgan fingerprint density at radius 2 is 1.65 bits per heavy atom. The first kappa shape index (κ1) is 28.4. The zero-order valence-corrected chi connectivity index (χ0v) is 22.6. The summed E-state index contributed by atoms with van der Waals surface area (Å²) in [6, 6.07) is 7.84. The van der Waals surface area contributed by atoms with E-state index in [2.05, 4.69) is 29.9 Å². The van der Waals surface area contributed by atoms with E-state index in [4.69, 9.17) is 5.11 Å². The maximum Gasteiger partial charge on any atom is 0.407 e. The van der Waals surface area contributed by atoms with Crippen LogP contribution in [0.4, 0.5) is 22.4 Å². The van der Waals surface area contributed by atoms with Crippen LogP contribution in [0.2, 0.25) is 0 Å². The Labute approximate surface area is 218 Å². The molecular formula is C24H37N7O5S. The van der Waals surface area contributed by atoms with Gasteiger partial charge in [0.1, 0.15) is 5.82 Å². The second-order valence-electron chi connectivity index (χ2n) is 9.88. The number of piperazine rings is 1. The normalized spacial score (nSPS) is 15.9. The molecule has 4 N–H and O–H groups in total.